The molecule has 44 heavy (non-hydrogen) atoms. The Kier molecular flexibility index (Phi) is 10.8. The number of benzene rings is 1. The van der Waals surface area contributed by atoms with Crippen LogP contribution in [0.25, 0.3) is 0 Å². The van der Waals surface area contributed by atoms with Crippen molar-refractivity contribution < 1.29 is 24.5 Å². The summed E-state index contributed by atoms with van der Waals surface area (Å²) in [6.07, 6.45) is 9.45. The van der Waals surface area contributed by atoms with E-state index < -0.39 is 6.09 Å². The minimum Gasteiger partial charge on any atom is -0.445 e. The number of hydrogen-bond donors (Lipinski definition) is 4. The summed E-state index contributed by atoms with van der Waals surface area (Å²) in [6, 6.07) is 5.03. The highest BCUT2D eigenvalue weighted by Crippen LogP contribution is 2.68. The van der Waals surface area contributed by atoms with E-state index in [0.29, 0.717) is 77.0 Å². The Morgan fingerprint density at radius 2 is 1.64 bits per heavy atom. The van der Waals surface area contributed by atoms with Crippen molar-refractivity contribution in [3.8, 4) is 0 Å². The molecule has 0 heterocycles. The molecule has 4 aliphatic carbocycles. The van der Waals surface area contributed by atoms with Gasteiger partial charge in [0.05, 0.1) is 12.2 Å². The number of amides is 2. The molecule has 4 saturated carbocycles. The zero-order chi connectivity index (χ0) is 31.6. The molecule has 0 radical (unpaired) electrons. The average Bonchev–Trinajstić information content (AvgIpc) is 3.32. The quantitative estimate of drug-likeness (QED) is 0.201. The van der Waals surface area contributed by atoms with Crippen molar-refractivity contribution in [2.45, 2.75) is 110 Å². The molecule has 10 atom stereocenters. The molecule has 9 heteroatoms. The fourth-order valence-electron chi connectivity index (χ4n) is 10.2. The number of aliphatic hydroxyl groups is 2. The van der Waals surface area contributed by atoms with E-state index >= 15 is 0 Å². The maximum absolute atomic E-state index is 12.7. The zero-order valence-corrected chi connectivity index (χ0v) is 28.1. The molecular formula is C35H52Cl2N2O5. The van der Waals surface area contributed by atoms with Crippen molar-refractivity contribution in [3.05, 3.63) is 33.8 Å². The topological polar surface area (TPSA) is 108 Å². The van der Waals surface area contributed by atoms with Crippen molar-refractivity contribution in [1.82, 2.24) is 10.6 Å². The molecule has 0 aromatic heterocycles. The largest absolute Gasteiger partial charge is 0.445 e. The van der Waals surface area contributed by atoms with Gasteiger partial charge in [-0.1, -0.05) is 44.0 Å². The highest BCUT2D eigenvalue weighted by atomic mass is 35.5. The second kappa shape index (κ2) is 14.1. The SMILES string of the molecule is C[C@H](CCC(=O)NCCCNC(=O)OCc1cc(Cl)cc(Cl)c1)[C@H]1CC[C@H]2[C@@H]3[C@@H](O)C[C@@H]4C[C@H](O)CC[C@]4(C)[C@H]3CC[C@]12C. The van der Waals surface area contributed by atoms with E-state index in [2.05, 4.69) is 31.4 Å². The summed E-state index contributed by atoms with van der Waals surface area (Å²) in [5.74, 6) is 2.99. The number of alkyl carbamates (subject to hydrolysis) is 1. The van der Waals surface area contributed by atoms with Crippen LogP contribution in [0.5, 0.6) is 0 Å². The van der Waals surface area contributed by atoms with Crippen molar-refractivity contribution in [3.63, 3.8) is 0 Å². The van der Waals surface area contributed by atoms with Gasteiger partial charge in [0.25, 0.3) is 0 Å². The molecule has 0 unspecified atom stereocenters. The van der Waals surface area contributed by atoms with Gasteiger partial charge in [0, 0.05) is 29.6 Å². The lowest BCUT2D eigenvalue weighted by Crippen LogP contribution is -2.58. The van der Waals surface area contributed by atoms with E-state index in [-0.39, 0.29) is 35.6 Å². The summed E-state index contributed by atoms with van der Waals surface area (Å²) in [5, 5.41) is 28.5. The van der Waals surface area contributed by atoms with Crippen LogP contribution in [-0.4, -0.2) is 47.5 Å². The van der Waals surface area contributed by atoms with Crippen LogP contribution in [0.2, 0.25) is 10.0 Å². The minimum atomic E-state index is -0.522. The van der Waals surface area contributed by atoms with Crippen LogP contribution in [0.3, 0.4) is 0 Å². The van der Waals surface area contributed by atoms with E-state index in [0.717, 1.165) is 32.1 Å². The highest BCUT2D eigenvalue weighted by molar-refractivity contribution is 6.34. The van der Waals surface area contributed by atoms with Gasteiger partial charge in [-0.3, -0.25) is 4.79 Å². The summed E-state index contributed by atoms with van der Waals surface area (Å²) >= 11 is 12.0. The number of hydrogen-bond acceptors (Lipinski definition) is 5. The van der Waals surface area contributed by atoms with Crippen LogP contribution >= 0.6 is 23.2 Å². The number of carbonyl (C=O) groups is 2. The molecule has 0 bridgehead atoms. The number of halogens is 2. The lowest BCUT2D eigenvalue weighted by atomic mass is 9.43. The third-order valence-electron chi connectivity index (χ3n) is 12.5. The number of rotatable bonds is 10. The summed E-state index contributed by atoms with van der Waals surface area (Å²) in [7, 11) is 0. The first-order chi connectivity index (χ1) is 20.9. The van der Waals surface area contributed by atoms with Crippen LogP contribution in [0.1, 0.15) is 97.0 Å². The molecular weight excluding hydrogens is 599 g/mol. The third kappa shape index (κ3) is 7.21. The first-order valence-electron chi connectivity index (χ1n) is 16.9. The molecule has 1 aromatic rings. The Labute approximate surface area is 273 Å². The molecule has 2 amide bonds. The fraction of sp³-hybridized carbons (Fsp3) is 0.771. The van der Waals surface area contributed by atoms with E-state index in [1.807, 2.05) is 0 Å². The molecule has 0 aliphatic heterocycles. The molecule has 0 spiro atoms. The van der Waals surface area contributed by atoms with Crippen molar-refractivity contribution >= 4 is 35.2 Å². The Morgan fingerprint density at radius 1 is 0.955 bits per heavy atom. The molecule has 4 aliphatic rings. The van der Waals surface area contributed by atoms with Gasteiger partial charge in [0.2, 0.25) is 5.91 Å². The maximum Gasteiger partial charge on any atom is 0.407 e. The first kappa shape index (κ1) is 33.8. The van der Waals surface area contributed by atoms with Gasteiger partial charge in [-0.25, -0.2) is 4.79 Å². The number of fused-ring (bicyclic) bond motifs is 5. The average molecular weight is 652 g/mol. The van der Waals surface area contributed by atoms with Gasteiger partial charge in [0.1, 0.15) is 6.61 Å². The lowest BCUT2D eigenvalue weighted by Gasteiger charge is -2.62. The maximum atomic E-state index is 12.7. The molecule has 246 valence electrons. The zero-order valence-electron chi connectivity index (χ0n) is 26.6. The predicted octanol–water partition coefficient (Wildman–Crippen LogP) is 7.13. The predicted molar refractivity (Wildman–Crippen MR) is 173 cm³/mol. The van der Waals surface area contributed by atoms with Crippen LogP contribution in [0.4, 0.5) is 4.79 Å². The molecule has 4 fully saturated rings. The molecule has 0 saturated heterocycles. The van der Waals surface area contributed by atoms with Gasteiger partial charge in [-0.05, 0) is 134 Å². The molecule has 1 aromatic carbocycles. The Hall–Kier alpha value is -1.54. The van der Waals surface area contributed by atoms with Crippen LogP contribution < -0.4 is 10.6 Å². The Balaban J connectivity index is 1.02. The molecule has 4 N–H and O–H groups in total. The number of ether oxygens (including phenoxy) is 1. The normalized spacial score (nSPS) is 36.8. The van der Waals surface area contributed by atoms with Crippen molar-refractivity contribution in [2.24, 2.45) is 46.3 Å². The van der Waals surface area contributed by atoms with Crippen molar-refractivity contribution in [2.75, 3.05) is 13.1 Å². The Morgan fingerprint density at radius 3 is 2.39 bits per heavy atom. The van der Waals surface area contributed by atoms with E-state index in [1.54, 1.807) is 18.2 Å². The summed E-state index contributed by atoms with van der Waals surface area (Å²) in [4.78, 5) is 24.7. The second-order valence-corrected chi connectivity index (χ2v) is 15.8. The van der Waals surface area contributed by atoms with E-state index in [1.165, 1.54) is 25.7 Å². The van der Waals surface area contributed by atoms with Gasteiger partial charge >= 0.3 is 6.09 Å². The Bertz CT molecular complexity index is 1160. The monoisotopic (exact) mass is 650 g/mol. The fourth-order valence-corrected chi connectivity index (χ4v) is 10.8. The molecule has 7 nitrogen and oxygen atoms in total. The van der Waals surface area contributed by atoms with Gasteiger partial charge in [0.15, 0.2) is 0 Å². The van der Waals surface area contributed by atoms with E-state index in [9.17, 15) is 19.8 Å². The van der Waals surface area contributed by atoms with Crippen LogP contribution in [0.15, 0.2) is 18.2 Å². The summed E-state index contributed by atoms with van der Waals surface area (Å²) in [6.45, 7) is 8.25. The highest BCUT2D eigenvalue weighted by Gasteiger charge is 2.62. The lowest BCUT2D eigenvalue weighted by molar-refractivity contribution is -0.174. The standard InChI is InChI=1S/C35H52Cl2N2O5/c1-21(5-8-31(42)38-13-4-14-39-33(43)44-20-22-15-24(36)19-25(37)16-22)27-6-7-28-32-29(10-12-35(27,28)3)34(2)11-9-26(40)17-23(34)18-30(32)41/h15-16,19,21,23,26-30,32,40-41H,4-14,17-18,20H2,1-3H3,(H,38,42)(H,39,43)/t21-,23+,26-,27-,28+,29+,30+,32+,34+,35-/m1/s1. The second-order valence-electron chi connectivity index (χ2n) is 15.0. The van der Waals surface area contributed by atoms with Crippen molar-refractivity contribution in [1.29, 1.82) is 0 Å². The first-order valence-corrected chi connectivity index (χ1v) is 17.6. The third-order valence-corrected chi connectivity index (χ3v) is 12.9. The van der Waals surface area contributed by atoms with Crippen LogP contribution in [-0.2, 0) is 16.1 Å². The molecule has 5 rings (SSSR count). The number of aliphatic hydroxyl groups excluding tert-OH is 2. The van der Waals surface area contributed by atoms with Gasteiger partial charge < -0.3 is 25.6 Å². The summed E-state index contributed by atoms with van der Waals surface area (Å²) < 4.78 is 5.21. The van der Waals surface area contributed by atoms with Gasteiger partial charge in [-0.2, -0.15) is 0 Å². The summed E-state index contributed by atoms with van der Waals surface area (Å²) in [5.41, 5.74) is 1.18. The smallest absolute Gasteiger partial charge is 0.407 e. The van der Waals surface area contributed by atoms with E-state index in [4.69, 9.17) is 27.9 Å². The van der Waals surface area contributed by atoms with Crippen LogP contribution in [0, 0.1) is 46.3 Å². The number of carbonyl (C=O) groups excluding carboxylic acids is 2. The number of nitrogens with one attached hydrogen (secondary N) is 2. The minimum absolute atomic E-state index is 0.0572. The van der Waals surface area contributed by atoms with Gasteiger partial charge in [-0.15, -0.1) is 0 Å².